The first-order valence-corrected chi connectivity index (χ1v) is 45.6. The molecule has 1 aliphatic rings. The lowest BCUT2D eigenvalue weighted by Gasteiger charge is -2.28. The third-order valence-electron chi connectivity index (χ3n) is 27.9. The van der Waals surface area contributed by atoms with Crippen LogP contribution in [0.2, 0.25) is 0 Å². The molecular weight excluding hydrogens is 1650 g/mol. The molecular formula is C116H111F7N4O4+4. The summed E-state index contributed by atoms with van der Waals surface area (Å²) in [6.07, 6.45) is 3.99. The zero-order chi connectivity index (χ0) is 92.6. The van der Waals surface area contributed by atoms with Crippen molar-refractivity contribution in [3.63, 3.8) is 0 Å². The zero-order valence-electron chi connectivity index (χ0n) is 78.2. The number of halogens is 7. The van der Waals surface area contributed by atoms with E-state index < -0.39 is 11.6 Å². The van der Waals surface area contributed by atoms with Crippen LogP contribution in [0.1, 0.15) is 141 Å². The van der Waals surface area contributed by atoms with Crippen molar-refractivity contribution in [3.8, 4) is 45.0 Å². The number of pyridine rings is 4. The predicted octanol–water partition coefficient (Wildman–Crippen LogP) is 30.6. The maximum atomic E-state index is 14.0. The van der Waals surface area contributed by atoms with Crippen LogP contribution in [0.4, 0.5) is 30.7 Å². The summed E-state index contributed by atoms with van der Waals surface area (Å²) in [6.45, 7) is 30.7. The molecule has 0 unspecified atom stereocenters. The van der Waals surface area contributed by atoms with Gasteiger partial charge in [0.1, 0.15) is 96.1 Å². The monoisotopic (exact) mass is 1760 g/mol. The van der Waals surface area contributed by atoms with Gasteiger partial charge in [0.2, 0.25) is 44.8 Å². The van der Waals surface area contributed by atoms with Crippen molar-refractivity contribution in [2.24, 2.45) is 50.9 Å². The second-order valence-corrected chi connectivity index (χ2v) is 39.0. The molecule has 0 amide bonds. The highest BCUT2D eigenvalue weighted by Crippen LogP contribution is 2.48. The van der Waals surface area contributed by atoms with E-state index in [4.69, 9.17) is 17.7 Å². The van der Waals surface area contributed by atoms with Gasteiger partial charge in [-0.2, -0.15) is 31.4 Å². The normalized spacial score (nSPS) is 13.0. The first-order valence-electron chi connectivity index (χ1n) is 45.6. The molecule has 8 nitrogen and oxygen atoms in total. The average molecular weight is 1760 g/mol. The highest BCUT2D eigenvalue weighted by Gasteiger charge is 2.48. The first kappa shape index (κ1) is 88.6. The van der Waals surface area contributed by atoms with Gasteiger partial charge in [-0.05, 0) is 262 Å². The SMILES string of the molecule is Cc1cc2c(oc3cc(F)ccc32)c(-c2cc(CC(C)(C)C(F)(F)F)c3ccccc3[n+]2C)c1C.Cc1cc2c(oc3cc(F)ccc32)c(-c2cc(CC(C)(C)C)c3ccccc3[n+]2C)c1C.Cc1cc2c(oc3cc(F)ccc32)c(-c2cc(CC3CCCC3)c3ccccc3[n+]2C)c1C.Cc1cc2c(oc3cc(F)ccc32)c(-c2ccc3c(CC(C)C)cccc3[n+]2C)c1C. The molecule has 15 heteroatoms. The molecule has 0 bridgehead atoms. The summed E-state index contributed by atoms with van der Waals surface area (Å²) >= 11 is 0. The number of furan rings is 4. The van der Waals surface area contributed by atoms with E-state index in [0.717, 1.165) is 152 Å². The van der Waals surface area contributed by atoms with Crippen LogP contribution < -0.4 is 18.3 Å². The molecule has 1 saturated carbocycles. The van der Waals surface area contributed by atoms with Crippen molar-refractivity contribution in [3.05, 3.63) is 308 Å². The number of hydrogen-bond donors (Lipinski definition) is 0. The topological polar surface area (TPSA) is 68.1 Å². The Morgan fingerprint density at radius 3 is 0.962 bits per heavy atom. The summed E-state index contributed by atoms with van der Waals surface area (Å²) < 4.78 is 131. The smallest absolute Gasteiger partial charge is 0.394 e. The summed E-state index contributed by atoms with van der Waals surface area (Å²) in [5, 5.41) is 12.3. The highest BCUT2D eigenvalue weighted by atomic mass is 19.4. The number of fused-ring (bicyclic) bond motifs is 16. The molecule has 8 aromatic heterocycles. The van der Waals surface area contributed by atoms with E-state index in [0.29, 0.717) is 39.4 Å². The maximum Gasteiger partial charge on any atom is 0.394 e. The third kappa shape index (κ3) is 16.2. The Morgan fingerprint density at radius 2 is 0.618 bits per heavy atom. The molecule has 131 heavy (non-hydrogen) atoms. The Balaban J connectivity index is 0.000000117. The quantitative estimate of drug-likeness (QED) is 0.0956. The molecule has 12 aromatic carbocycles. The summed E-state index contributed by atoms with van der Waals surface area (Å²) in [4.78, 5) is 0. The minimum Gasteiger partial charge on any atom is -0.455 e. The van der Waals surface area contributed by atoms with Crippen LogP contribution in [0.25, 0.3) is 176 Å². The lowest BCUT2D eigenvalue weighted by atomic mass is 9.83. The van der Waals surface area contributed by atoms with Crippen LogP contribution in [0.15, 0.2) is 236 Å². The second-order valence-electron chi connectivity index (χ2n) is 39.0. The third-order valence-corrected chi connectivity index (χ3v) is 27.9. The van der Waals surface area contributed by atoms with Crippen LogP contribution in [0.5, 0.6) is 0 Å². The number of alkyl halides is 3. The van der Waals surface area contributed by atoms with Crippen molar-refractivity contribution in [2.75, 3.05) is 0 Å². The van der Waals surface area contributed by atoms with Crippen LogP contribution in [-0.4, -0.2) is 6.18 Å². The highest BCUT2D eigenvalue weighted by molar-refractivity contribution is 6.14. The largest absolute Gasteiger partial charge is 0.455 e. The van der Waals surface area contributed by atoms with Crippen LogP contribution in [0, 0.1) is 101 Å². The van der Waals surface area contributed by atoms with Crippen LogP contribution in [0.3, 0.4) is 0 Å². The average Bonchev–Trinajstić information content (AvgIpc) is 1.63. The summed E-state index contributed by atoms with van der Waals surface area (Å²) in [7, 11) is 8.29. The first-order chi connectivity index (χ1) is 62.4. The van der Waals surface area contributed by atoms with Crippen molar-refractivity contribution in [1.29, 1.82) is 0 Å². The number of aromatic nitrogens is 4. The molecule has 20 aromatic rings. The van der Waals surface area contributed by atoms with Crippen molar-refractivity contribution in [1.82, 2.24) is 0 Å². The molecule has 0 atom stereocenters. The van der Waals surface area contributed by atoms with Gasteiger partial charge in [-0.25, -0.2) is 17.6 Å². The number of para-hydroxylation sites is 3. The van der Waals surface area contributed by atoms with Crippen molar-refractivity contribution < 1.29 is 66.7 Å². The van der Waals surface area contributed by atoms with Gasteiger partial charge in [-0.15, -0.1) is 0 Å². The Hall–Kier alpha value is -13.0. The number of aryl methyl sites for hydroxylation is 8. The van der Waals surface area contributed by atoms with E-state index in [-0.39, 0.29) is 35.1 Å². The van der Waals surface area contributed by atoms with E-state index in [2.05, 4.69) is 220 Å². The van der Waals surface area contributed by atoms with Gasteiger partial charge in [0.15, 0.2) is 0 Å². The van der Waals surface area contributed by atoms with E-state index in [1.165, 1.54) is 171 Å². The van der Waals surface area contributed by atoms with E-state index in [9.17, 15) is 30.7 Å². The summed E-state index contributed by atoms with van der Waals surface area (Å²) in [6, 6.07) is 69.8. The molecule has 8 heterocycles. The lowest BCUT2D eigenvalue weighted by Crippen LogP contribution is -2.36. The van der Waals surface area contributed by atoms with E-state index in [1.807, 2.05) is 80.1 Å². The number of hydrogen-bond acceptors (Lipinski definition) is 4. The van der Waals surface area contributed by atoms with Gasteiger partial charge < -0.3 is 17.7 Å². The molecule has 0 aliphatic heterocycles. The molecule has 0 radical (unpaired) electrons. The maximum absolute atomic E-state index is 14.0. The van der Waals surface area contributed by atoms with Gasteiger partial charge >= 0.3 is 6.18 Å². The van der Waals surface area contributed by atoms with Gasteiger partial charge in [-0.1, -0.05) is 123 Å². The van der Waals surface area contributed by atoms with Crippen LogP contribution >= 0.6 is 0 Å². The molecule has 0 N–H and O–H groups in total. The molecule has 664 valence electrons. The van der Waals surface area contributed by atoms with Crippen molar-refractivity contribution in [2.45, 2.75) is 161 Å². The van der Waals surface area contributed by atoms with E-state index in [1.54, 1.807) is 6.07 Å². The van der Waals surface area contributed by atoms with Gasteiger partial charge in [0, 0.05) is 137 Å². The Morgan fingerprint density at radius 1 is 0.321 bits per heavy atom. The second kappa shape index (κ2) is 34.1. The van der Waals surface area contributed by atoms with Crippen LogP contribution in [-0.2, 0) is 53.9 Å². The molecule has 0 spiro atoms. The number of nitrogens with zero attached hydrogens (tertiary/aromatic N) is 4. The molecule has 1 fully saturated rings. The Labute approximate surface area is 759 Å². The fraction of sp³-hybridized carbons (Fsp3) is 0.276. The summed E-state index contributed by atoms with van der Waals surface area (Å²) in [5.74, 6) is 0.142. The minimum absolute atomic E-state index is 0.161. The van der Waals surface area contributed by atoms with Gasteiger partial charge in [0.05, 0.1) is 27.7 Å². The standard InChI is InChI=1S/C30H29FNO.C29H26F4NO.C29H29FNO.C28H27FNO/c1-18-14-25-24-13-12-22(31)17-28(24)33-30(25)29(19(18)2)27-16-21(15-20-8-4-5-9-20)23-10-6-7-11-26(23)32(27)3;1-16-12-22-21-11-10-19(30)14-25(21)35-27(22)26(17(16)2)24-13-18(15-28(3,4)29(31,32)33)20-8-6-7-9-23(20)34(24)5;1-17-13-23-22-12-11-20(30)15-26(22)32-28(23)27(18(17)2)25-14-19(16-29(3,4)5)21-9-7-8-10-24(21)31(25)6;1-16(2)13-19-7-6-8-24-21(19)11-12-25(30(24)5)27-18(4)17(3)14-23-22-10-9-20(29)15-26(22)31-28(23)27/h6-7,10-14,16-17,20H,4-5,8-9,15H2,1-3H3;6-14H,15H2,1-5H3;7-15H,16H2,1-6H3;6-12,14-16H,13H2,1-5H3/q4*+1. The van der Waals surface area contributed by atoms with Gasteiger partial charge in [-0.3, -0.25) is 0 Å². The number of rotatable bonds is 11. The fourth-order valence-electron chi connectivity index (χ4n) is 20.4. The molecule has 0 saturated heterocycles. The number of benzene rings is 12. The Bertz CT molecular complexity index is 8040. The van der Waals surface area contributed by atoms with Crippen molar-refractivity contribution >= 4 is 131 Å². The lowest BCUT2D eigenvalue weighted by molar-refractivity contribution is -0.633. The molecule has 1 aliphatic carbocycles. The minimum atomic E-state index is -4.35. The predicted molar refractivity (Wildman–Crippen MR) is 520 cm³/mol. The summed E-state index contributed by atoms with van der Waals surface area (Å²) in [5.41, 5.74) is 30.1. The van der Waals surface area contributed by atoms with E-state index >= 15 is 0 Å². The van der Waals surface area contributed by atoms with Gasteiger partial charge in [0.25, 0.3) is 0 Å². The Kier molecular flexibility index (Phi) is 23.0. The fourth-order valence-corrected chi connectivity index (χ4v) is 20.4. The zero-order valence-corrected chi connectivity index (χ0v) is 78.2. The molecule has 21 rings (SSSR count).